The summed E-state index contributed by atoms with van der Waals surface area (Å²) in [6.07, 6.45) is -4.42. The highest BCUT2D eigenvalue weighted by Gasteiger charge is 2.35. The lowest BCUT2D eigenvalue weighted by Crippen LogP contribution is -2.38. The Hall–Kier alpha value is -2.61. The maximum Gasteiger partial charge on any atom is 0.416 e. The van der Waals surface area contributed by atoms with Crippen LogP contribution in [0.3, 0.4) is 0 Å². The molecule has 0 saturated heterocycles. The van der Waals surface area contributed by atoms with Gasteiger partial charge in [0.2, 0.25) is 0 Å². The van der Waals surface area contributed by atoms with Crippen LogP contribution in [0.15, 0.2) is 36.4 Å². The van der Waals surface area contributed by atoms with Gasteiger partial charge in [-0.15, -0.1) is 0 Å². The van der Waals surface area contributed by atoms with Crippen LogP contribution in [-0.2, 0) is 12.7 Å². The first-order chi connectivity index (χ1) is 13.3. The van der Waals surface area contributed by atoms with Gasteiger partial charge in [0.05, 0.1) is 50.5 Å². The van der Waals surface area contributed by atoms with Gasteiger partial charge in [0.15, 0.2) is 11.5 Å². The predicted octanol–water partition coefficient (Wildman–Crippen LogP) is 3.89. The van der Waals surface area contributed by atoms with E-state index < -0.39 is 11.7 Å². The van der Waals surface area contributed by atoms with Crippen molar-refractivity contribution in [1.29, 1.82) is 0 Å². The van der Waals surface area contributed by atoms with Crippen LogP contribution in [0.4, 0.5) is 24.5 Å². The lowest BCUT2D eigenvalue weighted by Gasteiger charge is -2.26. The van der Waals surface area contributed by atoms with E-state index in [2.05, 4.69) is 0 Å². The molecule has 0 aromatic heterocycles. The van der Waals surface area contributed by atoms with Crippen molar-refractivity contribution in [3.8, 4) is 11.5 Å². The van der Waals surface area contributed by atoms with Gasteiger partial charge in [-0.05, 0) is 42.8 Å². The molecule has 0 saturated carbocycles. The van der Waals surface area contributed by atoms with Crippen LogP contribution in [0, 0.1) is 0 Å². The second-order valence-corrected chi connectivity index (χ2v) is 6.73. The third-order valence-electron chi connectivity index (χ3n) is 4.89. The van der Waals surface area contributed by atoms with Crippen LogP contribution in [-0.4, -0.2) is 38.6 Å². The number of ether oxygens (including phenoxy) is 2. The number of anilines is 2. The molecular formula is C20H23F3N2O3. The molecule has 0 spiro atoms. The summed E-state index contributed by atoms with van der Waals surface area (Å²) in [5.74, 6) is 1.15. The maximum atomic E-state index is 13.2. The molecule has 0 fully saturated rings. The van der Waals surface area contributed by atoms with Crippen molar-refractivity contribution < 1.29 is 27.8 Å². The van der Waals surface area contributed by atoms with Crippen molar-refractivity contribution in [3.05, 3.63) is 47.5 Å². The van der Waals surface area contributed by atoms with Gasteiger partial charge < -0.3 is 24.4 Å². The summed E-state index contributed by atoms with van der Waals surface area (Å²) in [5.41, 5.74) is 1.35. The lowest BCUT2D eigenvalue weighted by atomic mass is 10.1. The molecule has 2 aromatic carbocycles. The molecular weight excluding hydrogens is 373 g/mol. The number of fused-ring (bicyclic) bond motifs is 1. The van der Waals surface area contributed by atoms with Crippen LogP contribution in [0.2, 0.25) is 0 Å². The van der Waals surface area contributed by atoms with Gasteiger partial charge in [0.25, 0.3) is 0 Å². The van der Waals surface area contributed by atoms with E-state index in [4.69, 9.17) is 9.47 Å². The molecule has 2 aromatic rings. The number of hydrogen-bond donors (Lipinski definition) is 1. The number of halogens is 3. The molecule has 0 aliphatic carbocycles. The monoisotopic (exact) mass is 396 g/mol. The molecule has 3 rings (SSSR count). The van der Waals surface area contributed by atoms with Crippen LogP contribution in [0.25, 0.3) is 0 Å². The first-order valence-electron chi connectivity index (χ1n) is 8.83. The van der Waals surface area contributed by atoms with E-state index in [1.807, 2.05) is 28.9 Å². The van der Waals surface area contributed by atoms with Crippen molar-refractivity contribution >= 4 is 11.4 Å². The molecule has 1 atom stereocenters. The van der Waals surface area contributed by atoms with Crippen molar-refractivity contribution in [2.45, 2.75) is 25.7 Å². The van der Waals surface area contributed by atoms with Crippen LogP contribution in [0.1, 0.15) is 18.1 Å². The average molecular weight is 396 g/mol. The third-order valence-corrected chi connectivity index (χ3v) is 4.89. The zero-order valence-electron chi connectivity index (χ0n) is 16.0. The van der Waals surface area contributed by atoms with Crippen LogP contribution >= 0.6 is 0 Å². The number of hydrogen-bond acceptors (Lipinski definition) is 5. The molecule has 1 heterocycles. The van der Waals surface area contributed by atoms with E-state index in [1.54, 1.807) is 13.2 Å². The maximum absolute atomic E-state index is 13.2. The Balaban J connectivity index is 1.96. The summed E-state index contributed by atoms with van der Waals surface area (Å²) in [7, 11) is 3.08. The largest absolute Gasteiger partial charge is 0.493 e. The highest BCUT2D eigenvalue weighted by molar-refractivity contribution is 5.77. The molecule has 5 nitrogen and oxygen atoms in total. The molecule has 28 heavy (non-hydrogen) atoms. The smallest absolute Gasteiger partial charge is 0.416 e. The van der Waals surface area contributed by atoms with Crippen molar-refractivity contribution in [2.24, 2.45) is 0 Å². The molecule has 0 amide bonds. The molecule has 1 aliphatic heterocycles. The number of nitrogens with zero attached hydrogens (tertiary/aromatic N) is 2. The van der Waals surface area contributed by atoms with E-state index >= 15 is 0 Å². The summed E-state index contributed by atoms with van der Waals surface area (Å²) in [4.78, 5) is 3.76. The van der Waals surface area contributed by atoms with Crippen LogP contribution < -0.4 is 19.3 Å². The molecule has 0 unspecified atom stereocenters. The van der Waals surface area contributed by atoms with E-state index in [-0.39, 0.29) is 12.6 Å². The third kappa shape index (κ3) is 3.82. The zero-order valence-corrected chi connectivity index (χ0v) is 16.0. The minimum Gasteiger partial charge on any atom is -0.493 e. The number of benzene rings is 2. The molecule has 8 heteroatoms. The molecule has 152 valence electrons. The SMILES string of the molecule is COc1ccc(CN2CN([C@H](C)CO)c3ccc(C(F)(F)F)cc32)cc1OC. The first-order valence-corrected chi connectivity index (χ1v) is 8.83. The van der Waals surface area contributed by atoms with E-state index in [1.165, 1.54) is 19.2 Å². The van der Waals surface area contributed by atoms with Crippen molar-refractivity contribution in [1.82, 2.24) is 0 Å². The first kappa shape index (κ1) is 20.1. The van der Waals surface area contributed by atoms with Gasteiger partial charge in [-0.2, -0.15) is 13.2 Å². The second-order valence-electron chi connectivity index (χ2n) is 6.73. The topological polar surface area (TPSA) is 45.2 Å². The molecule has 1 aliphatic rings. The Kier molecular flexibility index (Phi) is 5.60. The second kappa shape index (κ2) is 7.79. The van der Waals surface area contributed by atoms with Gasteiger partial charge in [-0.25, -0.2) is 0 Å². The highest BCUT2D eigenvalue weighted by Crippen LogP contribution is 2.42. The Morgan fingerprint density at radius 1 is 1.04 bits per heavy atom. The van der Waals surface area contributed by atoms with Crippen molar-refractivity contribution in [2.75, 3.05) is 37.3 Å². The van der Waals surface area contributed by atoms with Crippen LogP contribution in [0.5, 0.6) is 11.5 Å². The molecule has 0 radical (unpaired) electrons. The van der Waals surface area contributed by atoms with Gasteiger partial charge in [0, 0.05) is 6.54 Å². The van der Waals surface area contributed by atoms with E-state index in [0.29, 0.717) is 36.1 Å². The number of aliphatic hydroxyl groups is 1. The number of rotatable bonds is 6. The van der Waals surface area contributed by atoms with Gasteiger partial charge in [-0.1, -0.05) is 6.07 Å². The summed E-state index contributed by atoms with van der Waals surface area (Å²) < 4.78 is 50.2. The lowest BCUT2D eigenvalue weighted by molar-refractivity contribution is -0.137. The Labute approximate surface area is 161 Å². The average Bonchev–Trinajstić information content (AvgIpc) is 3.04. The predicted molar refractivity (Wildman–Crippen MR) is 101 cm³/mol. The Morgan fingerprint density at radius 2 is 1.75 bits per heavy atom. The summed E-state index contributed by atoms with van der Waals surface area (Å²) in [6.45, 7) is 2.52. The summed E-state index contributed by atoms with van der Waals surface area (Å²) >= 11 is 0. The number of alkyl halides is 3. The van der Waals surface area contributed by atoms with Gasteiger partial charge in [-0.3, -0.25) is 0 Å². The fraction of sp³-hybridized carbons (Fsp3) is 0.400. The number of methoxy groups -OCH3 is 2. The molecule has 1 N–H and O–H groups in total. The number of aliphatic hydroxyl groups excluding tert-OH is 1. The summed E-state index contributed by atoms with van der Waals surface area (Å²) in [6, 6.07) is 8.93. The minimum atomic E-state index is -4.42. The Bertz CT molecular complexity index is 842. The quantitative estimate of drug-likeness (QED) is 0.803. The van der Waals surface area contributed by atoms with E-state index in [9.17, 15) is 18.3 Å². The fourth-order valence-electron chi connectivity index (χ4n) is 3.34. The Morgan fingerprint density at radius 3 is 2.36 bits per heavy atom. The van der Waals surface area contributed by atoms with Gasteiger partial charge in [0.1, 0.15) is 0 Å². The summed E-state index contributed by atoms with van der Waals surface area (Å²) in [5, 5.41) is 9.54. The normalized spacial score (nSPS) is 14.8. The van der Waals surface area contributed by atoms with Gasteiger partial charge >= 0.3 is 6.18 Å². The minimum absolute atomic E-state index is 0.0926. The highest BCUT2D eigenvalue weighted by atomic mass is 19.4. The standard InChI is InChI=1S/C20H23F3N2O3/c1-13(11-26)25-12-24(10-14-4-7-18(27-2)19(8-14)28-3)17-9-15(20(21,22)23)5-6-16(17)25/h4-9,13,26H,10-12H2,1-3H3/t13-/m1/s1. The van der Waals surface area contributed by atoms with Crippen molar-refractivity contribution in [3.63, 3.8) is 0 Å². The molecule has 0 bridgehead atoms. The fourth-order valence-corrected chi connectivity index (χ4v) is 3.34. The van der Waals surface area contributed by atoms with E-state index in [0.717, 1.165) is 11.6 Å². The zero-order chi connectivity index (χ0) is 20.5.